The molecule has 0 radical (unpaired) electrons. The molecule has 5 heteroatoms. The predicted octanol–water partition coefficient (Wildman–Crippen LogP) is 0.928. The van der Waals surface area contributed by atoms with Crippen molar-refractivity contribution >= 4 is 11.6 Å². The van der Waals surface area contributed by atoms with Crippen LogP contribution in [0.4, 0.5) is 5.69 Å². The second kappa shape index (κ2) is 4.44. The summed E-state index contributed by atoms with van der Waals surface area (Å²) < 4.78 is 7.03. The minimum atomic E-state index is -0.293. The minimum Gasteiger partial charge on any atom is -0.368 e. The van der Waals surface area contributed by atoms with Crippen molar-refractivity contribution in [2.75, 3.05) is 11.9 Å². The number of ether oxygens (including phenoxy) is 1. The first kappa shape index (κ1) is 10.2. The standard InChI is InChI=1S/C10H15N3O2/c1-13-7-8(6-11-13)12-10(14)9-4-2-3-5-15-9/h6-7,9H,2-5H2,1H3,(H,12,14). The van der Waals surface area contributed by atoms with Gasteiger partial charge in [0.15, 0.2) is 0 Å². The summed E-state index contributed by atoms with van der Waals surface area (Å²) >= 11 is 0. The first-order valence-electron chi connectivity index (χ1n) is 5.17. The van der Waals surface area contributed by atoms with Crippen LogP contribution in [0.5, 0.6) is 0 Å². The number of amides is 1. The molecule has 0 aliphatic carbocycles. The Balaban J connectivity index is 1.91. The largest absolute Gasteiger partial charge is 0.368 e. The number of hydrogen-bond donors (Lipinski definition) is 1. The zero-order chi connectivity index (χ0) is 10.7. The first-order chi connectivity index (χ1) is 7.25. The molecule has 2 heterocycles. The number of nitrogens with one attached hydrogen (secondary N) is 1. The number of rotatable bonds is 2. The third-order valence-corrected chi connectivity index (χ3v) is 2.44. The molecule has 1 amide bonds. The van der Waals surface area contributed by atoms with Crippen molar-refractivity contribution in [3.05, 3.63) is 12.4 Å². The van der Waals surface area contributed by atoms with Gasteiger partial charge in [0.25, 0.3) is 5.91 Å². The van der Waals surface area contributed by atoms with Crippen LogP contribution in [0.3, 0.4) is 0 Å². The van der Waals surface area contributed by atoms with Crippen molar-refractivity contribution in [1.82, 2.24) is 9.78 Å². The van der Waals surface area contributed by atoms with Gasteiger partial charge in [-0.05, 0) is 19.3 Å². The summed E-state index contributed by atoms with van der Waals surface area (Å²) in [5, 5.41) is 6.76. The van der Waals surface area contributed by atoms with E-state index in [0.717, 1.165) is 24.9 Å². The molecule has 2 rings (SSSR count). The molecule has 1 aromatic heterocycles. The highest BCUT2D eigenvalue weighted by Crippen LogP contribution is 2.14. The fourth-order valence-electron chi connectivity index (χ4n) is 1.66. The van der Waals surface area contributed by atoms with Crippen LogP contribution in [0, 0.1) is 0 Å². The van der Waals surface area contributed by atoms with E-state index in [2.05, 4.69) is 10.4 Å². The zero-order valence-corrected chi connectivity index (χ0v) is 8.77. The van der Waals surface area contributed by atoms with Crippen molar-refractivity contribution in [2.24, 2.45) is 7.05 Å². The van der Waals surface area contributed by atoms with Crippen LogP contribution >= 0.6 is 0 Å². The van der Waals surface area contributed by atoms with Crippen LogP contribution in [0.25, 0.3) is 0 Å². The number of aromatic nitrogens is 2. The van der Waals surface area contributed by atoms with Crippen molar-refractivity contribution < 1.29 is 9.53 Å². The summed E-state index contributed by atoms with van der Waals surface area (Å²) in [4.78, 5) is 11.7. The van der Waals surface area contributed by atoms with Gasteiger partial charge >= 0.3 is 0 Å². The molecule has 1 N–H and O–H groups in total. The summed E-state index contributed by atoms with van der Waals surface area (Å²) in [6.07, 6.45) is 6.02. The number of aryl methyl sites for hydroxylation is 1. The Bertz CT molecular complexity index is 342. The molecule has 1 aliphatic heterocycles. The van der Waals surface area contributed by atoms with E-state index in [4.69, 9.17) is 4.74 Å². The monoisotopic (exact) mass is 209 g/mol. The highest BCUT2D eigenvalue weighted by atomic mass is 16.5. The fraction of sp³-hybridized carbons (Fsp3) is 0.600. The summed E-state index contributed by atoms with van der Waals surface area (Å²) in [5.74, 6) is -0.0669. The van der Waals surface area contributed by atoms with Crippen molar-refractivity contribution in [1.29, 1.82) is 0 Å². The van der Waals surface area contributed by atoms with E-state index in [-0.39, 0.29) is 12.0 Å². The van der Waals surface area contributed by atoms with Crippen LogP contribution in [-0.2, 0) is 16.6 Å². The van der Waals surface area contributed by atoms with Crippen molar-refractivity contribution in [2.45, 2.75) is 25.4 Å². The lowest BCUT2D eigenvalue weighted by molar-refractivity contribution is -0.129. The third kappa shape index (κ3) is 2.56. The lowest BCUT2D eigenvalue weighted by Gasteiger charge is -2.21. The molecule has 1 atom stereocenters. The molecular formula is C10H15N3O2. The molecule has 1 aromatic rings. The Labute approximate surface area is 88.4 Å². The maximum Gasteiger partial charge on any atom is 0.253 e. The highest BCUT2D eigenvalue weighted by molar-refractivity contribution is 5.93. The van der Waals surface area contributed by atoms with Gasteiger partial charge in [0, 0.05) is 19.9 Å². The van der Waals surface area contributed by atoms with Gasteiger partial charge in [0.2, 0.25) is 0 Å². The minimum absolute atomic E-state index is 0.0669. The SMILES string of the molecule is Cn1cc(NC(=O)C2CCCCO2)cn1. The molecule has 82 valence electrons. The van der Waals surface area contributed by atoms with E-state index >= 15 is 0 Å². The molecule has 0 aromatic carbocycles. The fourth-order valence-corrected chi connectivity index (χ4v) is 1.66. The summed E-state index contributed by atoms with van der Waals surface area (Å²) in [6, 6.07) is 0. The average molecular weight is 209 g/mol. The maximum atomic E-state index is 11.7. The topological polar surface area (TPSA) is 56.2 Å². The second-order valence-corrected chi connectivity index (χ2v) is 3.75. The Hall–Kier alpha value is -1.36. The third-order valence-electron chi connectivity index (χ3n) is 2.44. The van der Waals surface area contributed by atoms with Gasteiger partial charge in [-0.25, -0.2) is 0 Å². The first-order valence-corrected chi connectivity index (χ1v) is 5.17. The van der Waals surface area contributed by atoms with Crippen LogP contribution < -0.4 is 5.32 Å². The molecular weight excluding hydrogens is 194 g/mol. The Morgan fingerprint density at radius 1 is 1.67 bits per heavy atom. The molecule has 0 bridgehead atoms. The number of nitrogens with zero attached hydrogens (tertiary/aromatic N) is 2. The van der Waals surface area contributed by atoms with E-state index in [1.54, 1.807) is 17.1 Å². The molecule has 1 fully saturated rings. The van der Waals surface area contributed by atoms with E-state index in [0.29, 0.717) is 6.61 Å². The number of anilines is 1. The van der Waals surface area contributed by atoms with Gasteiger partial charge in [0.1, 0.15) is 6.10 Å². The Kier molecular flexibility index (Phi) is 3.01. The average Bonchev–Trinajstić information content (AvgIpc) is 2.65. The van der Waals surface area contributed by atoms with E-state index in [9.17, 15) is 4.79 Å². The van der Waals surface area contributed by atoms with E-state index in [1.807, 2.05) is 7.05 Å². The summed E-state index contributed by atoms with van der Waals surface area (Å²) in [7, 11) is 1.81. The van der Waals surface area contributed by atoms with E-state index < -0.39 is 0 Å². The van der Waals surface area contributed by atoms with Gasteiger partial charge in [0.05, 0.1) is 11.9 Å². The van der Waals surface area contributed by atoms with Gasteiger partial charge < -0.3 is 10.1 Å². The highest BCUT2D eigenvalue weighted by Gasteiger charge is 2.21. The van der Waals surface area contributed by atoms with Crippen LogP contribution in [0.1, 0.15) is 19.3 Å². The lowest BCUT2D eigenvalue weighted by Crippen LogP contribution is -2.33. The van der Waals surface area contributed by atoms with Gasteiger partial charge in [-0.1, -0.05) is 0 Å². The molecule has 0 spiro atoms. The zero-order valence-electron chi connectivity index (χ0n) is 8.77. The summed E-state index contributed by atoms with van der Waals surface area (Å²) in [5.41, 5.74) is 0.719. The number of carbonyl (C=O) groups is 1. The number of carbonyl (C=O) groups excluding carboxylic acids is 1. The molecule has 15 heavy (non-hydrogen) atoms. The molecule has 1 unspecified atom stereocenters. The lowest BCUT2D eigenvalue weighted by atomic mass is 10.1. The number of hydrogen-bond acceptors (Lipinski definition) is 3. The molecule has 0 saturated carbocycles. The van der Waals surface area contributed by atoms with E-state index in [1.165, 1.54) is 0 Å². The molecule has 1 saturated heterocycles. The smallest absolute Gasteiger partial charge is 0.253 e. The normalized spacial score (nSPS) is 21.3. The van der Waals surface area contributed by atoms with Crippen molar-refractivity contribution in [3.8, 4) is 0 Å². The van der Waals surface area contributed by atoms with Gasteiger partial charge in [-0.15, -0.1) is 0 Å². The van der Waals surface area contributed by atoms with Gasteiger partial charge in [-0.2, -0.15) is 5.10 Å². The van der Waals surface area contributed by atoms with Crippen LogP contribution in [0.2, 0.25) is 0 Å². The van der Waals surface area contributed by atoms with Crippen LogP contribution in [0.15, 0.2) is 12.4 Å². The molecule has 5 nitrogen and oxygen atoms in total. The summed E-state index contributed by atoms with van der Waals surface area (Å²) in [6.45, 7) is 0.686. The Morgan fingerprint density at radius 2 is 2.53 bits per heavy atom. The van der Waals surface area contributed by atoms with Gasteiger partial charge in [-0.3, -0.25) is 9.48 Å². The van der Waals surface area contributed by atoms with Crippen molar-refractivity contribution in [3.63, 3.8) is 0 Å². The quantitative estimate of drug-likeness (QED) is 0.788. The van der Waals surface area contributed by atoms with Crippen LogP contribution in [-0.4, -0.2) is 28.4 Å². The predicted molar refractivity (Wildman–Crippen MR) is 55.4 cm³/mol. The second-order valence-electron chi connectivity index (χ2n) is 3.75. The maximum absolute atomic E-state index is 11.7. The molecule has 1 aliphatic rings. The Morgan fingerprint density at radius 3 is 3.13 bits per heavy atom.